The summed E-state index contributed by atoms with van der Waals surface area (Å²) >= 11 is 0. The normalized spacial score (nSPS) is 12.1. The van der Waals surface area contributed by atoms with E-state index in [9.17, 15) is 0 Å². The molecule has 0 bridgehead atoms. The average molecular weight is 2520 g/mol. The molecule has 12 heterocycles. The molecule has 4 radical (unpaired) electrons. The standard InChI is InChI=1S/2C18H15N2.2C17H13N2.4C13H12N.4Ir/c1-13-11-18(20-12-14(13)2)16-8-6-15(7-9-16)17-5-3-4-10-19-17;1-2-14-12-18(15-8-4-3-5-9-15)20-13-16(14)17-10-6-7-11-19-17;2*1-13-11-17(14-7-3-2-4-8-14)19-12-15(13)16-9-5-6-10-18-16;4*1-10-8-13(14-9-11(10)2)12-6-4-3-5-7-12;;;;/h3-8,10-12H,1-2H3;3-8,10-13H,2H2,1H3;2*2-7,9-12H,1H3;4*3-6,8-9H,1-2H3;;;;/q8*-1;;;;/i2D3;;;;4*2D3;;;;. The first-order valence-electron chi connectivity index (χ1n) is 50.7. The molecule has 0 unspecified atom stereocenters. The Morgan fingerprint density at radius 1 is 0.203 bits per heavy atom. The number of hydrogen-bond acceptors (Lipinski definition) is 12. The summed E-state index contributed by atoms with van der Waals surface area (Å²) in [5, 5.41) is 0. The van der Waals surface area contributed by atoms with Crippen LogP contribution in [-0.4, -0.2) is 59.8 Å². The Morgan fingerprint density at radius 3 is 0.638 bits per heavy atom. The summed E-state index contributed by atoms with van der Waals surface area (Å²) in [6.07, 6.45) is 20.9. The van der Waals surface area contributed by atoms with Crippen LogP contribution in [0.15, 0.2) is 384 Å². The molecule has 8 aromatic carbocycles. The summed E-state index contributed by atoms with van der Waals surface area (Å²) in [4.78, 5) is 52.1. The Hall–Kier alpha value is -13.8. The van der Waals surface area contributed by atoms with E-state index in [1.54, 1.807) is 83.5 Å². The van der Waals surface area contributed by atoms with Crippen LogP contribution in [0.1, 0.15) is 99.8 Å². The molecule has 696 valence electrons. The first kappa shape index (κ1) is 87.0. The summed E-state index contributed by atoms with van der Waals surface area (Å²) < 4.78 is 111. The number of aryl methyl sites for hydroxylation is 13. The molecule has 0 atom stereocenters. The van der Waals surface area contributed by atoms with Crippen LogP contribution in [0.4, 0.5) is 0 Å². The van der Waals surface area contributed by atoms with Gasteiger partial charge < -0.3 is 39.9 Å². The van der Waals surface area contributed by atoms with E-state index in [1.165, 1.54) is 47.7 Å². The van der Waals surface area contributed by atoms with Gasteiger partial charge >= 0.3 is 0 Å². The van der Waals surface area contributed by atoms with Crippen molar-refractivity contribution in [2.24, 2.45) is 0 Å². The van der Waals surface area contributed by atoms with E-state index in [1.807, 2.05) is 286 Å². The number of benzene rings is 8. The number of rotatable bonds is 13. The average Bonchev–Trinajstić information content (AvgIpc) is 0.702. The number of nitrogens with zero attached hydrogens (tertiary/aromatic N) is 12. The second kappa shape index (κ2) is 56.0. The van der Waals surface area contributed by atoms with Gasteiger partial charge in [-0.1, -0.05) is 113 Å². The minimum absolute atomic E-state index is 0. The quantitative estimate of drug-likeness (QED) is 0.101. The Balaban J connectivity index is 0.000000193. The zero-order chi connectivity index (χ0) is 106. The molecule has 12 nitrogen and oxygen atoms in total. The predicted octanol–water partition coefficient (Wildman–Crippen LogP) is 28.9. The van der Waals surface area contributed by atoms with Crippen LogP contribution in [0, 0.1) is 131 Å². The minimum atomic E-state index is -2.14. The molecule has 0 amide bonds. The molecule has 0 fully saturated rings. The SMILES string of the molecule is CCc1cc(-c2[c-]cccc2)ncc1-c1ccccn1.Cc1cc(-c2[c-]cccc2)ncc1-c1ccccn1.Cc1cc(-c2[c-]cccc2)ncc1-c1ccccn1.[2H]C([2H])([2H])c1cnc(-c2[c-]cc(-c3ccccn3)cc2)cc1C.[2H]C([2H])([2H])c1cnc(-c2[c-]cccc2)cc1C.[2H]C([2H])([2H])c1cnc(-c2[c-]cccc2)cc1C.[2H]C([2H])([2H])c1cnc(-c2[c-]cccc2)cc1C.[2H]C([2H])([2H])c1cnc(-c2[c-]cccc2)cc1C.[Ir].[Ir].[Ir].[Ir]. The van der Waals surface area contributed by atoms with Gasteiger partial charge in [0, 0.05) is 198 Å². The van der Waals surface area contributed by atoms with Gasteiger partial charge in [0.25, 0.3) is 0 Å². The molecule has 0 N–H and O–H groups in total. The van der Waals surface area contributed by atoms with Crippen LogP contribution in [-0.2, 0) is 86.8 Å². The van der Waals surface area contributed by atoms with Crippen LogP contribution < -0.4 is 0 Å². The Labute approximate surface area is 889 Å². The van der Waals surface area contributed by atoms with Gasteiger partial charge in [-0.05, 0) is 228 Å². The maximum atomic E-state index is 7.49. The fraction of sp³-hybridized carbons (Fsp3) is 0.115. The molecule has 0 aliphatic heterocycles. The van der Waals surface area contributed by atoms with E-state index in [-0.39, 0.29) is 86.0 Å². The number of aromatic nitrogens is 12. The summed E-state index contributed by atoms with van der Waals surface area (Å²) in [6.45, 7) is 4.71. The van der Waals surface area contributed by atoms with Crippen molar-refractivity contribution >= 4 is 0 Å². The van der Waals surface area contributed by atoms with Crippen molar-refractivity contribution in [3.63, 3.8) is 0 Å². The molecular weight excluding hydrogens is 2400 g/mol. The van der Waals surface area contributed by atoms with Gasteiger partial charge in [-0.3, -0.25) is 19.9 Å². The third kappa shape index (κ3) is 31.6. The molecule has 16 heteroatoms. The molecule has 12 aromatic heterocycles. The molecular formula is C122H104Ir4N12-8. The topological polar surface area (TPSA) is 155 Å². The molecule has 0 saturated heterocycles. The molecule has 20 aromatic rings. The van der Waals surface area contributed by atoms with Crippen LogP contribution in [0.2, 0.25) is 0 Å². The van der Waals surface area contributed by atoms with Crippen molar-refractivity contribution in [3.05, 3.63) is 505 Å². The first-order chi connectivity index (χ1) is 71.4. The molecule has 0 saturated carbocycles. The second-order valence-electron chi connectivity index (χ2n) is 30.6. The summed E-state index contributed by atoms with van der Waals surface area (Å²) in [5.74, 6) is 0. The maximum Gasteiger partial charge on any atom is 0.0719 e. The van der Waals surface area contributed by atoms with Crippen LogP contribution in [0.5, 0.6) is 0 Å². The maximum absolute atomic E-state index is 7.49. The van der Waals surface area contributed by atoms with Gasteiger partial charge in [0.15, 0.2) is 0 Å². The number of pyridine rings is 12. The molecule has 138 heavy (non-hydrogen) atoms. The second-order valence-corrected chi connectivity index (χ2v) is 30.6. The van der Waals surface area contributed by atoms with Gasteiger partial charge in [-0.2, -0.15) is 0 Å². The molecule has 0 spiro atoms. The Morgan fingerprint density at radius 2 is 0.428 bits per heavy atom. The number of hydrogen-bond donors (Lipinski definition) is 0. The largest absolute Gasteiger partial charge is 0.304 e. The van der Waals surface area contributed by atoms with E-state index in [2.05, 4.69) is 147 Å². The Kier molecular flexibility index (Phi) is 35.3. The zero-order valence-corrected chi connectivity index (χ0v) is 86.4. The van der Waals surface area contributed by atoms with Crippen molar-refractivity contribution < 1.29 is 101 Å². The molecule has 0 aliphatic carbocycles. The summed E-state index contributed by atoms with van der Waals surface area (Å²) in [7, 11) is 0. The van der Waals surface area contributed by atoms with E-state index < -0.39 is 34.3 Å². The first-order valence-corrected chi connectivity index (χ1v) is 43.2. The van der Waals surface area contributed by atoms with Crippen LogP contribution in [0.3, 0.4) is 0 Å². The van der Waals surface area contributed by atoms with E-state index in [0.29, 0.717) is 33.5 Å². The minimum Gasteiger partial charge on any atom is -0.304 e. The third-order valence-electron chi connectivity index (χ3n) is 20.9. The van der Waals surface area contributed by atoms with Crippen molar-refractivity contribution in [1.82, 2.24) is 59.8 Å². The smallest absolute Gasteiger partial charge is 0.0719 e. The molecule has 20 rings (SSSR count). The Bertz CT molecular complexity index is 7170. The van der Waals surface area contributed by atoms with E-state index in [0.717, 1.165) is 158 Å². The fourth-order valence-electron chi connectivity index (χ4n) is 13.3. The van der Waals surface area contributed by atoms with E-state index in [4.69, 9.17) is 20.6 Å². The van der Waals surface area contributed by atoms with Gasteiger partial charge in [0.1, 0.15) is 0 Å². The van der Waals surface area contributed by atoms with Crippen LogP contribution in [0.25, 0.3) is 135 Å². The summed E-state index contributed by atoms with van der Waals surface area (Å²) in [6, 6.07) is 123. The fourth-order valence-corrected chi connectivity index (χ4v) is 13.3. The van der Waals surface area contributed by atoms with Crippen molar-refractivity contribution in [2.45, 2.75) is 96.1 Å². The van der Waals surface area contributed by atoms with Gasteiger partial charge in [0.2, 0.25) is 0 Å². The monoisotopic (exact) mass is 2520 g/mol. The third-order valence-corrected chi connectivity index (χ3v) is 20.9. The molecule has 0 aliphatic rings. The van der Waals surface area contributed by atoms with Crippen molar-refractivity contribution in [3.8, 4) is 135 Å². The van der Waals surface area contributed by atoms with E-state index >= 15 is 0 Å². The summed E-state index contributed by atoms with van der Waals surface area (Å²) in [5.41, 5.74) is 30.6. The van der Waals surface area contributed by atoms with Crippen molar-refractivity contribution in [1.29, 1.82) is 0 Å². The van der Waals surface area contributed by atoms with Gasteiger partial charge in [0.05, 0.1) is 17.1 Å². The van der Waals surface area contributed by atoms with Crippen molar-refractivity contribution in [2.75, 3.05) is 0 Å². The van der Waals surface area contributed by atoms with Crippen LogP contribution >= 0.6 is 0 Å². The zero-order valence-electron chi connectivity index (χ0n) is 91.8. The van der Waals surface area contributed by atoms with Gasteiger partial charge in [-0.25, -0.2) is 0 Å². The van der Waals surface area contributed by atoms with Gasteiger partial charge in [-0.15, -0.1) is 281 Å². The predicted molar refractivity (Wildman–Crippen MR) is 547 cm³/mol.